The Bertz CT molecular complexity index is 589. The first-order valence-electron chi connectivity index (χ1n) is 7.63. The first-order valence-corrected chi connectivity index (χ1v) is 7.63. The predicted molar refractivity (Wildman–Crippen MR) is 79.7 cm³/mol. The van der Waals surface area contributed by atoms with E-state index in [2.05, 4.69) is 40.1 Å². The summed E-state index contributed by atoms with van der Waals surface area (Å²) in [5, 5.41) is 4.12. The van der Waals surface area contributed by atoms with Gasteiger partial charge in [-0.25, -0.2) is 0 Å². The fraction of sp³-hybridized carbons (Fsp3) is 0.562. The maximum absolute atomic E-state index is 5.43. The van der Waals surface area contributed by atoms with E-state index in [0.29, 0.717) is 12.5 Å². The number of hydrogen-bond donors (Lipinski definition) is 0. The van der Waals surface area contributed by atoms with Crippen LogP contribution in [0.25, 0.3) is 0 Å². The van der Waals surface area contributed by atoms with Crippen LogP contribution in [0.2, 0.25) is 0 Å². The highest BCUT2D eigenvalue weighted by Gasteiger charge is 2.23. The molecule has 5 nitrogen and oxygen atoms in total. The maximum Gasteiger partial charge on any atom is 0.229 e. The predicted octanol–water partition coefficient (Wildman–Crippen LogP) is 3.06. The summed E-state index contributed by atoms with van der Waals surface area (Å²) in [7, 11) is 2.07. The summed E-state index contributed by atoms with van der Waals surface area (Å²) in [6, 6.07) is 2.06. The van der Waals surface area contributed by atoms with Gasteiger partial charge in [0.2, 0.25) is 5.89 Å². The summed E-state index contributed by atoms with van der Waals surface area (Å²) in [6.07, 6.45) is 8.67. The molecule has 0 aliphatic heterocycles. The van der Waals surface area contributed by atoms with Crippen molar-refractivity contribution in [2.24, 2.45) is 0 Å². The second-order valence-electron chi connectivity index (χ2n) is 6.00. The number of hydrogen-bond acceptors (Lipinski definition) is 5. The molecule has 2 aromatic rings. The minimum atomic E-state index is 0.485. The fourth-order valence-corrected chi connectivity index (χ4v) is 2.94. The molecule has 1 aliphatic carbocycles. The highest BCUT2D eigenvalue weighted by Crippen LogP contribution is 2.32. The fourth-order valence-electron chi connectivity index (χ4n) is 2.94. The van der Waals surface area contributed by atoms with Gasteiger partial charge in [0.25, 0.3) is 0 Å². The minimum absolute atomic E-state index is 0.485. The van der Waals surface area contributed by atoms with Crippen molar-refractivity contribution < 1.29 is 4.52 Å². The molecule has 5 heteroatoms. The van der Waals surface area contributed by atoms with Crippen LogP contribution in [0.15, 0.2) is 23.0 Å². The lowest BCUT2D eigenvalue weighted by Crippen LogP contribution is -2.18. The van der Waals surface area contributed by atoms with Crippen molar-refractivity contribution in [2.75, 3.05) is 7.05 Å². The van der Waals surface area contributed by atoms with Crippen LogP contribution in [-0.2, 0) is 13.1 Å². The standard InChI is InChI=1S/C16H22N4O/c1-12-9-17-8-7-14(12)10-20(2)11-15-18-16(21-19-15)13-5-3-4-6-13/h7-9,13H,3-6,10-11H2,1-2H3. The van der Waals surface area contributed by atoms with Crippen LogP contribution in [0.5, 0.6) is 0 Å². The maximum atomic E-state index is 5.43. The van der Waals surface area contributed by atoms with Gasteiger partial charge in [-0.15, -0.1) is 0 Å². The van der Waals surface area contributed by atoms with E-state index in [-0.39, 0.29) is 0 Å². The molecule has 0 spiro atoms. The van der Waals surface area contributed by atoms with Crippen molar-refractivity contribution in [1.82, 2.24) is 20.0 Å². The second kappa shape index (κ2) is 6.35. The zero-order valence-electron chi connectivity index (χ0n) is 12.7. The Morgan fingerprint density at radius 1 is 1.29 bits per heavy atom. The number of aromatic nitrogens is 3. The largest absolute Gasteiger partial charge is 0.339 e. The Morgan fingerprint density at radius 2 is 2.10 bits per heavy atom. The molecule has 112 valence electrons. The molecule has 21 heavy (non-hydrogen) atoms. The number of rotatable bonds is 5. The minimum Gasteiger partial charge on any atom is -0.339 e. The molecule has 0 unspecified atom stereocenters. The van der Waals surface area contributed by atoms with Gasteiger partial charge in [-0.2, -0.15) is 4.98 Å². The summed E-state index contributed by atoms with van der Waals surface area (Å²) in [6.45, 7) is 3.66. The van der Waals surface area contributed by atoms with Crippen LogP contribution in [-0.4, -0.2) is 27.1 Å². The zero-order valence-corrected chi connectivity index (χ0v) is 12.7. The second-order valence-corrected chi connectivity index (χ2v) is 6.00. The first-order chi connectivity index (χ1) is 10.2. The molecule has 1 aliphatic rings. The van der Waals surface area contributed by atoms with Gasteiger partial charge in [-0.1, -0.05) is 18.0 Å². The van der Waals surface area contributed by atoms with Gasteiger partial charge >= 0.3 is 0 Å². The molecular formula is C16H22N4O. The summed E-state index contributed by atoms with van der Waals surface area (Å²) >= 11 is 0. The molecule has 0 N–H and O–H groups in total. The third kappa shape index (κ3) is 3.47. The van der Waals surface area contributed by atoms with E-state index in [1.165, 1.54) is 36.8 Å². The lowest BCUT2D eigenvalue weighted by molar-refractivity contribution is 0.297. The monoisotopic (exact) mass is 286 g/mol. The number of nitrogens with zero attached hydrogens (tertiary/aromatic N) is 4. The SMILES string of the molecule is Cc1cnccc1CN(C)Cc1noc(C2CCCC2)n1. The average Bonchev–Trinajstić information content (AvgIpc) is 3.12. The average molecular weight is 286 g/mol. The topological polar surface area (TPSA) is 55.1 Å². The van der Waals surface area contributed by atoms with Crippen molar-refractivity contribution in [2.45, 2.75) is 51.6 Å². The van der Waals surface area contributed by atoms with Gasteiger partial charge in [0.05, 0.1) is 6.54 Å². The third-order valence-corrected chi connectivity index (χ3v) is 4.18. The molecule has 0 aromatic carbocycles. The Balaban J connectivity index is 1.60. The van der Waals surface area contributed by atoms with Gasteiger partial charge < -0.3 is 4.52 Å². The van der Waals surface area contributed by atoms with Gasteiger partial charge in [0.15, 0.2) is 5.82 Å². The van der Waals surface area contributed by atoms with Gasteiger partial charge in [-0.05, 0) is 44.0 Å². The molecule has 2 aromatic heterocycles. The van der Waals surface area contributed by atoms with E-state index >= 15 is 0 Å². The van der Waals surface area contributed by atoms with E-state index in [0.717, 1.165) is 18.3 Å². The van der Waals surface area contributed by atoms with E-state index < -0.39 is 0 Å². The highest BCUT2D eigenvalue weighted by molar-refractivity contribution is 5.21. The number of aryl methyl sites for hydroxylation is 1. The van der Waals surface area contributed by atoms with Crippen LogP contribution in [0.4, 0.5) is 0 Å². The van der Waals surface area contributed by atoms with E-state index in [9.17, 15) is 0 Å². The van der Waals surface area contributed by atoms with E-state index in [1.54, 1.807) is 0 Å². The van der Waals surface area contributed by atoms with Gasteiger partial charge in [-0.3, -0.25) is 9.88 Å². The Labute approximate surface area is 125 Å². The van der Waals surface area contributed by atoms with Gasteiger partial charge in [0.1, 0.15) is 0 Å². The van der Waals surface area contributed by atoms with Crippen molar-refractivity contribution >= 4 is 0 Å². The summed E-state index contributed by atoms with van der Waals surface area (Å²) in [5.74, 6) is 2.10. The first kappa shape index (κ1) is 14.2. The summed E-state index contributed by atoms with van der Waals surface area (Å²) in [4.78, 5) is 10.9. The summed E-state index contributed by atoms with van der Waals surface area (Å²) < 4.78 is 5.43. The normalized spacial score (nSPS) is 16.0. The molecular weight excluding hydrogens is 264 g/mol. The van der Waals surface area contributed by atoms with Gasteiger partial charge in [0, 0.05) is 24.9 Å². The molecule has 0 atom stereocenters. The molecule has 0 amide bonds. The lowest BCUT2D eigenvalue weighted by atomic mass is 10.1. The molecule has 1 fully saturated rings. The van der Waals surface area contributed by atoms with Crippen LogP contribution in [0.1, 0.15) is 54.4 Å². The summed E-state index contributed by atoms with van der Waals surface area (Å²) in [5.41, 5.74) is 2.50. The van der Waals surface area contributed by atoms with Crippen molar-refractivity contribution in [3.63, 3.8) is 0 Å². The molecule has 0 bridgehead atoms. The van der Waals surface area contributed by atoms with E-state index in [1.807, 2.05) is 12.4 Å². The Hall–Kier alpha value is -1.75. The lowest BCUT2D eigenvalue weighted by Gasteiger charge is -2.15. The quantitative estimate of drug-likeness (QED) is 0.845. The van der Waals surface area contributed by atoms with Crippen molar-refractivity contribution in [3.8, 4) is 0 Å². The van der Waals surface area contributed by atoms with E-state index in [4.69, 9.17) is 4.52 Å². The molecule has 0 saturated heterocycles. The molecule has 1 saturated carbocycles. The zero-order chi connectivity index (χ0) is 14.7. The number of pyridine rings is 1. The highest BCUT2D eigenvalue weighted by atomic mass is 16.5. The van der Waals surface area contributed by atoms with Crippen LogP contribution >= 0.6 is 0 Å². The Morgan fingerprint density at radius 3 is 2.86 bits per heavy atom. The van der Waals surface area contributed by atoms with Crippen LogP contribution < -0.4 is 0 Å². The van der Waals surface area contributed by atoms with Crippen LogP contribution in [0, 0.1) is 6.92 Å². The molecule has 0 radical (unpaired) electrons. The smallest absolute Gasteiger partial charge is 0.229 e. The Kier molecular flexibility index (Phi) is 4.29. The third-order valence-electron chi connectivity index (χ3n) is 4.18. The van der Waals surface area contributed by atoms with Crippen LogP contribution in [0.3, 0.4) is 0 Å². The van der Waals surface area contributed by atoms with Crippen molar-refractivity contribution in [3.05, 3.63) is 41.3 Å². The molecule has 3 rings (SSSR count). The molecule has 2 heterocycles. The van der Waals surface area contributed by atoms with Crippen molar-refractivity contribution in [1.29, 1.82) is 0 Å².